The molecule has 0 aromatic heterocycles. The van der Waals surface area contributed by atoms with Gasteiger partial charge in [-0.05, 0) is 25.1 Å². The Morgan fingerprint density at radius 1 is 1.38 bits per heavy atom. The molecule has 2 amide bonds. The number of nitrogens with two attached hydrogens (primary N) is 1. The zero-order valence-corrected chi connectivity index (χ0v) is 9.97. The van der Waals surface area contributed by atoms with E-state index in [1.807, 2.05) is 0 Å². The molecule has 0 aliphatic carbocycles. The van der Waals surface area contributed by atoms with Crippen LogP contribution in [0.3, 0.4) is 0 Å². The van der Waals surface area contributed by atoms with E-state index >= 15 is 0 Å². The van der Waals surface area contributed by atoms with Crippen molar-refractivity contribution in [2.45, 2.75) is 13.0 Å². The Morgan fingerprint density at radius 2 is 2.00 bits per heavy atom. The molecule has 1 unspecified atom stereocenters. The summed E-state index contributed by atoms with van der Waals surface area (Å²) in [6.07, 6.45) is 0. The van der Waals surface area contributed by atoms with E-state index in [0.717, 1.165) is 0 Å². The summed E-state index contributed by atoms with van der Waals surface area (Å²) in [5.74, 6) is -1.11. The molecule has 0 saturated carbocycles. The second-order valence-electron chi connectivity index (χ2n) is 3.22. The number of primary amides is 1. The van der Waals surface area contributed by atoms with Crippen molar-refractivity contribution in [3.05, 3.63) is 33.8 Å². The quantitative estimate of drug-likeness (QED) is 0.867. The van der Waals surface area contributed by atoms with Crippen LogP contribution in [-0.4, -0.2) is 17.9 Å². The summed E-state index contributed by atoms with van der Waals surface area (Å²) in [5, 5.41) is 3.06. The lowest BCUT2D eigenvalue weighted by atomic mass is 10.2. The van der Waals surface area contributed by atoms with Gasteiger partial charge in [0.05, 0.1) is 10.6 Å². The van der Waals surface area contributed by atoms with Gasteiger partial charge in [-0.2, -0.15) is 0 Å². The fraction of sp³-hybridized carbons (Fsp3) is 0.200. The van der Waals surface area contributed by atoms with Crippen molar-refractivity contribution < 1.29 is 9.59 Å². The fourth-order valence-electron chi connectivity index (χ4n) is 1.02. The minimum Gasteiger partial charge on any atom is -0.368 e. The van der Waals surface area contributed by atoms with Gasteiger partial charge >= 0.3 is 0 Å². The van der Waals surface area contributed by atoms with Gasteiger partial charge in [0.1, 0.15) is 6.04 Å². The highest BCUT2D eigenvalue weighted by Gasteiger charge is 2.16. The molecule has 0 fully saturated rings. The third-order valence-corrected chi connectivity index (χ3v) is 2.51. The topological polar surface area (TPSA) is 72.2 Å². The number of carbonyl (C=O) groups is 2. The second kappa shape index (κ2) is 5.18. The maximum absolute atomic E-state index is 11.7. The lowest BCUT2D eigenvalue weighted by Crippen LogP contribution is -2.42. The van der Waals surface area contributed by atoms with E-state index in [1.165, 1.54) is 19.1 Å². The van der Waals surface area contributed by atoms with Crippen LogP contribution in [0.1, 0.15) is 17.3 Å². The molecule has 0 bridgehead atoms. The molecular formula is C10H10Cl2N2O2. The van der Waals surface area contributed by atoms with Crippen LogP contribution in [0.5, 0.6) is 0 Å². The van der Waals surface area contributed by atoms with Crippen LogP contribution in [0.25, 0.3) is 0 Å². The number of halogens is 2. The van der Waals surface area contributed by atoms with E-state index in [9.17, 15) is 9.59 Å². The third-order valence-electron chi connectivity index (χ3n) is 1.95. The molecular weight excluding hydrogens is 251 g/mol. The molecule has 1 atom stereocenters. The Kier molecular flexibility index (Phi) is 4.15. The molecule has 0 heterocycles. The maximum Gasteiger partial charge on any atom is 0.253 e. The van der Waals surface area contributed by atoms with Crippen LogP contribution in [-0.2, 0) is 4.79 Å². The van der Waals surface area contributed by atoms with Crippen molar-refractivity contribution in [3.8, 4) is 0 Å². The van der Waals surface area contributed by atoms with Crippen LogP contribution >= 0.6 is 23.2 Å². The second-order valence-corrected chi connectivity index (χ2v) is 4.07. The van der Waals surface area contributed by atoms with Crippen LogP contribution < -0.4 is 11.1 Å². The summed E-state index contributed by atoms with van der Waals surface area (Å²) >= 11 is 11.5. The van der Waals surface area contributed by atoms with Gasteiger partial charge in [0.15, 0.2) is 0 Å². The average Bonchev–Trinajstić information content (AvgIpc) is 2.21. The van der Waals surface area contributed by atoms with E-state index in [-0.39, 0.29) is 10.6 Å². The molecule has 16 heavy (non-hydrogen) atoms. The third kappa shape index (κ3) is 3.12. The molecule has 1 aromatic rings. The van der Waals surface area contributed by atoms with Crippen molar-refractivity contribution >= 4 is 35.0 Å². The van der Waals surface area contributed by atoms with Gasteiger partial charge in [0.2, 0.25) is 5.91 Å². The minimum atomic E-state index is -0.762. The van der Waals surface area contributed by atoms with E-state index in [0.29, 0.717) is 5.02 Å². The molecule has 0 aliphatic rings. The zero-order valence-electron chi connectivity index (χ0n) is 8.46. The highest BCUT2D eigenvalue weighted by Crippen LogP contribution is 2.20. The summed E-state index contributed by atoms with van der Waals surface area (Å²) < 4.78 is 0. The molecule has 1 aromatic carbocycles. The summed E-state index contributed by atoms with van der Waals surface area (Å²) in [7, 11) is 0. The molecule has 3 N–H and O–H groups in total. The fourth-order valence-corrected chi connectivity index (χ4v) is 1.39. The molecule has 4 nitrogen and oxygen atoms in total. The van der Waals surface area contributed by atoms with Gasteiger partial charge in [-0.25, -0.2) is 0 Å². The number of carbonyl (C=O) groups excluding carboxylic acids is 2. The normalized spacial score (nSPS) is 11.9. The Bertz CT molecular complexity index is 435. The van der Waals surface area contributed by atoms with Crippen molar-refractivity contribution in [2.75, 3.05) is 0 Å². The lowest BCUT2D eigenvalue weighted by Gasteiger charge is -2.11. The molecule has 1 rings (SSSR count). The van der Waals surface area contributed by atoms with Gasteiger partial charge in [-0.1, -0.05) is 23.2 Å². The molecule has 6 heteroatoms. The first-order valence-corrected chi connectivity index (χ1v) is 5.22. The Morgan fingerprint density at radius 3 is 2.56 bits per heavy atom. The monoisotopic (exact) mass is 260 g/mol. The highest BCUT2D eigenvalue weighted by atomic mass is 35.5. The van der Waals surface area contributed by atoms with E-state index < -0.39 is 17.9 Å². The number of nitrogens with one attached hydrogen (secondary N) is 1. The number of hydrogen-bond donors (Lipinski definition) is 2. The molecule has 86 valence electrons. The van der Waals surface area contributed by atoms with Gasteiger partial charge < -0.3 is 11.1 Å². The lowest BCUT2D eigenvalue weighted by molar-refractivity contribution is -0.119. The van der Waals surface area contributed by atoms with Crippen LogP contribution in [0.2, 0.25) is 10.0 Å². The van der Waals surface area contributed by atoms with Crippen LogP contribution in [0, 0.1) is 0 Å². The van der Waals surface area contributed by atoms with Crippen molar-refractivity contribution in [2.24, 2.45) is 5.73 Å². The van der Waals surface area contributed by atoms with Crippen LogP contribution in [0.15, 0.2) is 18.2 Å². The van der Waals surface area contributed by atoms with Crippen LogP contribution in [0.4, 0.5) is 0 Å². The highest BCUT2D eigenvalue weighted by molar-refractivity contribution is 6.35. The standard InChI is InChI=1S/C10H10Cl2N2O2/c1-5(9(13)15)14-10(16)7-4-6(11)2-3-8(7)12/h2-5H,1H3,(H2,13,15)(H,14,16). The number of benzene rings is 1. The number of rotatable bonds is 3. The Balaban J connectivity index is 2.88. The summed E-state index contributed by atoms with van der Waals surface area (Å²) in [6.45, 7) is 1.48. The van der Waals surface area contributed by atoms with Gasteiger partial charge in [-0.15, -0.1) is 0 Å². The Hall–Kier alpha value is -1.26. The summed E-state index contributed by atoms with van der Waals surface area (Å²) in [4.78, 5) is 22.4. The summed E-state index contributed by atoms with van der Waals surface area (Å²) in [5.41, 5.74) is 5.23. The van der Waals surface area contributed by atoms with Crippen molar-refractivity contribution in [3.63, 3.8) is 0 Å². The predicted molar refractivity (Wildman–Crippen MR) is 62.6 cm³/mol. The molecule has 0 saturated heterocycles. The van der Waals surface area contributed by atoms with Crippen molar-refractivity contribution in [1.29, 1.82) is 0 Å². The van der Waals surface area contributed by atoms with Gasteiger partial charge in [-0.3, -0.25) is 9.59 Å². The van der Waals surface area contributed by atoms with E-state index in [2.05, 4.69) is 5.32 Å². The molecule has 0 spiro atoms. The zero-order chi connectivity index (χ0) is 12.3. The average molecular weight is 261 g/mol. The maximum atomic E-state index is 11.7. The van der Waals surface area contributed by atoms with E-state index in [1.54, 1.807) is 6.07 Å². The SMILES string of the molecule is CC(NC(=O)c1cc(Cl)ccc1Cl)C(N)=O. The first-order chi connectivity index (χ1) is 7.41. The predicted octanol–water partition coefficient (Wildman–Crippen LogP) is 1.60. The first-order valence-electron chi connectivity index (χ1n) is 4.47. The summed E-state index contributed by atoms with van der Waals surface area (Å²) in [6, 6.07) is 3.74. The van der Waals surface area contributed by atoms with Gasteiger partial charge in [0.25, 0.3) is 5.91 Å². The first kappa shape index (κ1) is 12.8. The van der Waals surface area contributed by atoms with Crippen molar-refractivity contribution in [1.82, 2.24) is 5.32 Å². The molecule has 0 radical (unpaired) electrons. The minimum absolute atomic E-state index is 0.210. The van der Waals surface area contributed by atoms with Gasteiger partial charge in [0, 0.05) is 5.02 Å². The largest absolute Gasteiger partial charge is 0.368 e. The molecule has 0 aliphatic heterocycles. The number of amides is 2. The van der Waals surface area contributed by atoms with E-state index in [4.69, 9.17) is 28.9 Å². The number of hydrogen-bond acceptors (Lipinski definition) is 2. The smallest absolute Gasteiger partial charge is 0.253 e. The Labute approximate surface area is 103 Å².